The van der Waals surface area contributed by atoms with E-state index in [1.54, 1.807) is 12.3 Å². The summed E-state index contributed by atoms with van der Waals surface area (Å²) in [5.74, 6) is -0.258. The van der Waals surface area contributed by atoms with Crippen molar-refractivity contribution in [2.45, 2.75) is 13.0 Å². The minimum absolute atomic E-state index is 0.0477. The number of nitrogens with two attached hydrogens (primary N) is 2. The van der Waals surface area contributed by atoms with Gasteiger partial charge in [-0.2, -0.15) is 15.2 Å². The molecule has 6 rings (SSSR count). The van der Waals surface area contributed by atoms with E-state index in [4.69, 9.17) is 20.9 Å². The van der Waals surface area contributed by atoms with Crippen molar-refractivity contribution < 1.29 is 18.3 Å². The number of nitriles is 1. The minimum Gasteiger partial charge on any atom is -0.490 e. The number of anilines is 3. The Hall–Kier alpha value is -5.02. The number of hydrogen-bond donors (Lipinski definition) is 2. The molecule has 0 spiro atoms. The van der Waals surface area contributed by atoms with Crippen LogP contribution in [0.15, 0.2) is 37.0 Å². The second kappa shape index (κ2) is 9.87. The predicted molar refractivity (Wildman–Crippen MR) is 156 cm³/mol. The van der Waals surface area contributed by atoms with Crippen molar-refractivity contribution in [3.63, 3.8) is 0 Å². The van der Waals surface area contributed by atoms with Gasteiger partial charge in [0.15, 0.2) is 5.82 Å². The lowest BCUT2D eigenvalue weighted by Gasteiger charge is -2.30. The van der Waals surface area contributed by atoms with E-state index in [0.29, 0.717) is 34.9 Å². The molecule has 0 saturated heterocycles. The highest BCUT2D eigenvalue weighted by molar-refractivity contribution is 7.23. The van der Waals surface area contributed by atoms with E-state index in [-0.39, 0.29) is 56.0 Å². The van der Waals surface area contributed by atoms with Gasteiger partial charge in [0.1, 0.15) is 46.4 Å². The number of aromatic nitrogens is 3. The standard InChI is InChI=1S/C29H23F2N7O2S/c1-4-14-19(16-7-8-18(30)25-20(16)17(12-32)27(34)41-25)22(31)23-21-24(14)40-11-10-38(28(21)37-29(36-23)39-3)13(2)15-6-5-9-35-26(15)33/h4-9,13H,1,10-11,34H2,2-3H3,(H2,33,35). The molecule has 12 heteroatoms. The fourth-order valence-corrected chi connectivity index (χ4v) is 6.33. The number of thiophene rings is 1. The van der Waals surface area contributed by atoms with Crippen LogP contribution in [0.1, 0.15) is 29.7 Å². The average molecular weight is 572 g/mol. The first-order valence-electron chi connectivity index (χ1n) is 12.5. The van der Waals surface area contributed by atoms with E-state index in [0.717, 1.165) is 16.9 Å². The molecule has 0 aliphatic carbocycles. The van der Waals surface area contributed by atoms with Crippen LogP contribution in [0, 0.1) is 23.0 Å². The zero-order chi connectivity index (χ0) is 29.0. The van der Waals surface area contributed by atoms with Crippen LogP contribution in [0.4, 0.5) is 25.4 Å². The molecule has 1 unspecified atom stereocenters. The number of nitrogen functional groups attached to an aromatic ring is 2. The van der Waals surface area contributed by atoms with E-state index < -0.39 is 11.6 Å². The number of halogens is 2. The Balaban J connectivity index is 1.71. The SMILES string of the molecule is C=Cc1c(-c2ccc(F)c3sc(N)c(C#N)c23)c(F)c2nc(OC)nc3c2c1OCCN3C(C)c1cccnc1N. The summed E-state index contributed by atoms with van der Waals surface area (Å²) < 4.78 is 43.5. The van der Waals surface area contributed by atoms with Gasteiger partial charge >= 0.3 is 6.01 Å². The molecule has 3 aromatic heterocycles. The quantitative estimate of drug-likeness (QED) is 0.267. The molecule has 0 radical (unpaired) electrons. The highest BCUT2D eigenvalue weighted by Crippen LogP contribution is 2.49. The highest BCUT2D eigenvalue weighted by atomic mass is 32.1. The monoisotopic (exact) mass is 571 g/mol. The van der Waals surface area contributed by atoms with Gasteiger partial charge in [-0.1, -0.05) is 24.8 Å². The van der Waals surface area contributed by atoms with Gasteiger partial charge < -0.3 is 25.8 Å². The molecule has 0 amide bonds. The van der Waals surface area contributed by atoms with Crippen LogP contribution in [0.25, 0.3) is 38.2 Å². The van der Waals surface area contributed by atoms with Crippen molar-refractivity contribution in [3.8, 4) is 29.0 Å². The second-order valence-corrected chi connectivity index (χ2v) is 10.4. The lowest BCUT2D eigenvalue weighted by molar-refractivity contribution is 0.327. The van der Waals surface area contributed by atoms with Crippen LogP contribution in [-0.2, 0) is 0 Å². The van der Waals surface area contributed by atoms with E-state index in [1.165, 1.54) is 25.3 Å². The molecule has 9 nitrogen and oxygen atoms in total. The third-order valence-corrected chi connectivity index (χ3v) is 8.29. The maximum absolute atomic E-state index is 16.9. The summed E-state index contributed by atoms with van der Waals surface area (Å²) in [6.07, 6.45) is 3.08. The number of fused-ring (bicyclic) bond motifs is 1. The fraction of sp³-hybridized carbons (Fsp3) is 0.172. The maximum Gasteiger partial charge on any atom is 0.318 e. The number of nitrogens with zero attached hydrogens (tertiary/aromatic N) is 5. The summed E-state index contributed by atoms with van der Waals surface area (Å²) in [6, 6.07) is 7.96. The Morgan fingerprint density at radius 2 is 2.05 bits per heavy atom. The zero-order valence-corrected chi connectivity index (χ0v) is 22.9. The number of hydrogen-bond acceptors (Lipinski definition) is 10. The molecular formula is C29H23F2N7O2S. The topological polar surface area (TPSA) is 136 Å². The molecule has 1 aliphatic heterocycles. The fourth-order valence-electron chi connectivity index (χ4n) is 5.38. The molecule has 41 heavy (non-hydrogen) atoms. The molecule has 4 heterocycles. The van der Waals surface area contributed by atoms with E-state index in [1.807, 2.05) is 24.0 Å². The van der Waals surface area contributed by atoms with Crippen molar-refractivity contribution in [2.75, 3.05) is 36.6 Å². The van der Waals surface area contributed by atoms with Gasteiger partial charge in [-0.15, -0.1) is 11.3 Å². The summed E-state index contributed by atoms with van der Waals surface area (Å²) >= 11 is 0.930. The van der Waals surface area contributed by atoms with Crippen molar-refractivity contribution in [1.82, 2.24) is 15.0 Å². The third kappa shape index (κ3) is 3.88. The van der Waals surface area contributed by atoms with E-state index in [9.17, 15) is 9.65 Å². The van der Waals surface area contributed by atoms with Crippen molar-refractivity contribution in [2.24, 2.45) is 0 Å². The second-order valence-electron chi connectivity index (χ2n) is 9.34. The molecule has 0 saturated carbocycles. The number of pyridine rings is 1. The van der Waals surface area contributed by atoms with Gasteiger partial charge in [0, 0.05) is 28.3 Å². The maximum atomic E-state index is 16.9. The Morgan fingerprint density at radius 1 is 1.24 bits per heavy atom. The molecule has 206 valence electrons. The van der Waals surface area contributed by atoms with Crippen LogP contribution >= 0.6 is 11.3 Å². The van der Waals surface area contributed by atoms with Gasteiger partial charge in [-0.05, 0) is 24.6 Å². The molecule has 1 atom stereocenters. The van der Waals surface area contributed by atoms with Gasteiger partial charge in [0.2, 0.25) is 0 Å². The third-order valence-electron chi connectivity index (χ3n) is 7.26. The van der Waals surface area contributed by atoms with Crippen molar-refractivity contribution >= 4 is 55.0 Å². The van der Waals surface area contributed by atoms with E-state index in [2.05, 4.69) is 21.5 Å². The first-order valence-corrected chi connectivity index (χ1v) is 13.4. The van der Waals surface area contributed by atoms with Crippen LogP contribution in [-0.4, -0.2) is 35.2 Å². The number of ether oxygens (including phenoxy) is 2. The number of methoxy groups -OCH3 is 1. The Morgan fingerprint density at radius 3 is 2.76 bits per heavy atom. The van der Waals surface area contributed by atoms with Gasteiger partial charge in [-0.3, -0.25) is 0 Å². The van der Waals surface area contributed by atoms with Crippen molar-refractivity contribution in [3.05, 3.63) is 65.4 Å². The van der Waals surface area contributed by atoms with Crippen LogP contribution < -0.4 is 25.8 Å². The molecule has 2 aromatic carbocycles. The van der Waals surface area contributed by atoms with E-state index >= 15 is 4.39 Å². The first kappa shape index (κ1) is 26.2. The molecule has 5 aromatic rings. The molecule has 1 aliphatic rings. The zero-order valence-electron chi connectivity index (χ0n) is 22.0. The van der Waals surface area contributed by atoms with Gasteiger partial charge in [0.05, 0.1) is 35.3 Å². The molecule has 0 bridgehead atoms. The normalized spacial score (nSPS) is 13.5. The van der Waals surface area contributed by atoms with Gasteiger partial charge in [-0.25, -0.2) is 13.8 Å². The summed E-state index contributed by atoms with van der Waals surface area (Å²) in [5, 5.41) is 10.5. The van der Waals surface area contributed by atoms with Gasteiger partial charge in [0.25, 0.3) is 0 Å². The molecule has 4 N–H and O–H groups in total. The van der Waals surface area contributed by atoms with Crippen LogP contribution in [0.3, 0.4) is 0 Å². The molecular weight excluding hydrogens is 548 g/mol. The smallest absolute Gasteiger partial charge is 0.318 e. The largest absolute Gasteiger partial charge is 0.490 e. The first-order chi connectivity index (χ1) is 19.8. The average Bonchev–Trinajstić information content (AvgIpc) is 3.20. The number of benzene rings is 2. The number of rotatable bonds is 5. The summed E-state index contributed by atoms with van der Waals surface area (Å²) in [4.78, 5) is 15.2. The Labute approximate surface area is 237 Å². The lowest BCUT2D eigenvalue weighted by atomic mass is 9.92. The minimum atomic E-state index is -0.735. The van der Waals surface area contributed by atoms with Crippen LogP contribution in [0.2, 0.25) is 0 Å². The lowest BCUT2D eigenvalue weighted by Crippen LogP contribution is -2.31. The Kier molecular flexibility index (Phi) is 6.31. The van der Waals surface area contributed by atoms with Crippen molar-refractivity contribution in [1.29, 1.82) is 5.26 Å². The summed E-state index contributed by atoms with van der Waals surface area (Å²) in [5.41, 5.74) is 13.6. The summed E-state index contributed by atoms with van der Waals surface area (Å²) in [7, 11) is 1.39. The predicted octanol–water partition coefficient (Wildman–Crippen LogP) is 5.83. The highest BCUT2D eigenvalue weighted by Gasteiger charge is 2.33. The molecule has 0 fully saturated rings. The Bertz CT molecular complexity index is 1940. The van der Waals surface area contributed by atoms with Crippen LogP contribution in [0.5, 0.6) is 11.8 Å². The summed E-state index contributed by atoms with van der Waals surface area (Å²) in [6.45, 7) is 6.46.